The van der Waals surface area contributed by atoms with Gasteiger partial charge in [0.05, 0.1) is 13.2 Å². The second-order valence-electron chi connectivity index (χ2n) is 8.82. The van der Waals surface area contributed by atoms with Gasteiger partial charge in [0, 0.05) is 0 Å². The molecular weight excluding hydrogens is 332 g/mol. The predicted octanol–water partition coefficient (Wildman–Crippen LogP) is 6.07. The van der Waals surface area contributed by atoms with Crippen LogP contribution in [0.3, 0.4) is 0 Å². The molecule has 0 spiro atoms. The average molecular weight is 369 g/mol. The maximum Gasteiger partial charge on any atom is 0.317 e. The van der Waals surface area contributed by atoms with Crippen LogP contribution in [0.2, 0.25) is 11.1 Å². The van der Waals surface area contributed by atoms with Gasteiger partial charge in [-0.05, 0) is 22.9 Å². The summed E-state index contributed by atoms with van der Waals surface area (Å²) in [4.78, 5) is 26.7. The van der Waals surface area contributed by atoms with E-state index in [1.807, 2.05) is 27.7 Å². The molecule has 0 aromatic rings. The fourth-order valence-electron chi connectivity index (χ4n) is 4.57. The van der Waals surface area contributed by atoms with E-state index in [0.717, 1.165) is 51.4 Å². The highest BCUT2D eigenvalue weighted by Gasteiger charge is 2.63. The summed E-state index contributed by atoms with van der Waals surface area (Å²) in [5.74, 6) is 0.573. The normalized spacial score (nSPS) is 19.8. The van der Waals surface area contributed by atoms with Gasteiger partial charge in [-0.2, -0.15) is 0 Å². The molecule has 0 unspecified atom stereocenters. The molecule has 144 valence electrons. The molecule has 2 rings (SSSR count). The van der Waals surface area contributed by atoms with Gasteiger partial charge in [-0.1, -0.05) is 79.1 Å². The van der Waals surface area contributed by atoms with Crippen LogP contribution in [-0.4, -0.2) is 32.5 Å². The van der Waals surface area contributed by atoms with Crippen molar-refractivity contribution >= 4 is 19.3 Å². The van der Waals surface area contributed by atoms with Crippen LogP contribution < -0.4 is 0 Å². The summed E-state index contributed by atoms with van der Waals surface area (Å²) in [5, 5.41) is 0. The lowest BCUT2D eigenvalue weighted by Gasteiger charge is -2.36. The van der Waals surface area contributed by atoms with Gasteiger partial charge in [-0.3, -0.25) is 9.59 Å². The van der Waals surface area contributed by atoms with Crippen LogP contribution in [0.25, 0.3) is 0 Å². The van der Waals surface area contributed by atoms with Crippen LogP contribution in [0.5, 0.6) is 0 Å². The highest BCUT2D eigenvalue weighted by atomic mass is 28.3. The Kier molecular flexibility index (Phi) is 7.53. The zero-order valence-corrected chi connectivity index (χ0v) is 17.5. The van der Waals surface area contributed by atoms with Gasteiger partial charge >= 0.3 is 8.07 Å². The first-order valence-corrected chi connectivity index (χ1v) is 12.4. The Morgan fingerprint density at radius 1 is 0.760 bits per heavy atom. The lowest BCUT2D eigenvalue weighted by molar-refractivity contribution is 0.144. The van der Waals surface area contributed by atoms with Gasteiger partial charge in [0.15, 0.2) is 0 Å². The number of carbonyl (C=O) groups is 2. The molecular formula is C20H36O4Si. The molecule has 0 radical (unpaired) electrons. The second-order valence-corrected chi connectivity index (χ2v) is 13.0. The molecule has 2 aliphatic rings. The van der Waals surface area contributed by atoms with Gasteiger partial charge in [0.1, 0.15) is 0 Å². The van der Waals surface area contributed by atoms with Gasteiger partial charge in [-0.25, -0.2) is 0 Å². The van der Waals surface area contributed by atoms with Gasteiger partial charge in [0.25, 0.3) is 11.2 Å². The smallest absolute Gasteiger partial charge is 0.317 e. The van der Waals surface area contributed by atoms with Gasteiger partial charge < -0.3 is 9.47 Å². The molecule has 2 aliphatic carbocycles. The second kappa shape index (κ2) is 9.20. The fourth-order valence-corrected chi connectivity index (χ4v) is 10.0. The highest BCUT2D eigenvalue weighted by Crippen LogP contribution is 2.51. The molecule has 0 heterocycles. The maximum absolute atomic E-state index is 13.4. The van der Waals surface area contributed by atoms with Crippen LogP contribution in [-0.2, 0) is 9.47 Å². The minimum Gasteiger partial charge on any atom is -0.469 e. The number of carbonyl (C=O) groups excluding carboxylic acids is 2. The summed E-state index contributed by atoms with van der Waals surface area (Å²) in [6.45, 7) is 8.98. The van der Waals surface area contributed by atoms with E-state index >= 15 is 0 Å². The molecule has 0 aliphatic heterocycles. The summed E-state index contributed by atoms with van der Waals surface area (Å²) in [5.41, 5.74) is 0.0901. The van der Waals surface area contributed by atoms with E-state index in [1.54, 1.807) is 0 Å². The maximum atomic E-state index is 13.4. The standard InChI is InChI=1S/C20H36O4Si/c1-15(2)13-23-19(21)25(17-9-5-6-10-17,18-11-7-8-12-18)20(22)24-14-16(3)4/h15-18H,5-14H2,1-4H3. The predicted molar refractivity (Wildman–Crippen MR) is 103 cm³/mol. The summed E-state index contributed by atoms with van der Waals surface area (Å²) in [6, 6.07) is 0. The summed E-state index contributed by atoms with van der Waals surface area (Å²) in [6.07, 6.45) is 8.49. The Balaban J connectivity index is 2.33. The Bertz CT molecular complexity index is 407. The zero-order valence-electron chi connectivity index (χ0n) is 16.5. The van der Waals surface area contributed by atoms with Crippen LogP contribution in [0.15, 0.2) is 0 Å². The number of hydrogen-bond donors (Lipinski definition) is 0. The lowest BCUT2D eigenvalue weighted by atomic mass is 10.2. The summed E-state index contributed by atoms with van der Waals surface area (Å²) < 4.78 is 11.5. The van der Waals surface area contributed by atoms with Crippen LogP contribution in [0.1, 0.15) is 79.1 Å². The van der Waals surface area contributed by atoms with Crippen LogP contribution in [0, 0.1) is 11.8 Å². The topological polar surface area (TPSA) is 52.6 Å². The Hall–Kier alpha value is -0.843. The monoisotopic (exact) mass is 368 g/mol. The molecule has 25 heavy (non-hydrogen) atoms. The van der Waals surface area contributed by atoms with Gasteiger partial charge in [-0.15, -0.1) is 0 Å². The van der Waals surface area contributed by atoms with Crippen molar-refractivity contribution in [2.24, 2.45) is 11.8 Å². The first-order chi connectivity index (χ1) is 11.9. The minimum absolute atomic E-state index is 0.172. The van der Waals surface area contributed by atoms with Crippen molar-refractivity contribution in [1.82, 2.24) is 0 Å². The molecule has 5 heteroatoms. The average Bonchev–Trinajstić information content (AvgIpc) is 3.25. The van der Waals surface area contributed by atoms with Crippen molar-refractivity contribution in [3.8, 4) is 0 Å². The molecule has 0 aromatic carbocycles. The van der Waals surface area contributed by atoms with E-state index in [9.17, 15) is 9.59 Å². The van der Waals surface area contributed by atoms with Crippen molar-refractivity contribution in [2.45, 2.75) is 90.1 Å². The fraction of sp³-hybridized carbons (Fsp3) is 0.900. The summed E-state index contributed by atoms with van der Waals surface area (Å²) >= 11 is 0. The molecule has 0 N–H and O–H groups in total. The summed E-state index contributed by atoms with van der Waals surface area (Å²) in [7, 11) is -2.99. The van der Waals surface area contributed by atoms with E-state index < -0.39 is 8.07 Å². The Labute approximate surface area is 154 Å². The molecule has 2 fully saturated rings. The lowest BCUT2D eigenvalue weighted by Crippen LogP contribution is -2.59. The third-order valence-electron chi connectivity index (χ3n) is 5.77. The van der Waals surface area contributed by atoms with Crippen LogP contribution >= 0.6 is 0 Å². The van der Waals surface area contributed by atoms with Gasteiger partial charge in [0.2, 0.25) is 0 Å². The molecule has 0 amide bonds. The first-order valence-electron chi connectivity index (χ1n) is 10.2. The van der Waals surface area contributed by atoms with Crippen molar-refractivity contribution < 1.29 is 19.1 Å². The first kappa shape index (κ1) is 20.5. The van der Waals surface area contributed by atoms with E-state index in [0.29, 0.717) is 13.2 Å². The molecule has 0 atom stereocenters. The number of ether oxygens (including phenoxy) is 2. The third kappa shape index (κ3) is 4.66. The SMILES string of the molecule is CC(C)COC(=O)[Si](C(=O)OCC(C)C)(C1CCCC1)C1CCCC1. The van der Waals surface area contributed by atoms with Crippen molar-refractivity contribution in [3.63, 3.8) is 0 Å². The van der Waals surface area contributed by atoms with Crippen molar-refractivity contribution in [3.05, 3.63) is 0 Å². The molecule has 4 nitrogen and oxygen atoms in total. The van der Waals surface area contributed by atoms with E-state index in [-0.39, 0.29) is 34.1 Å². The molecule has 2 saturated carbocycles. The molecule has 0 bridgehead atoms. The minimum atomic E-state index is -2.99. The number of rotatable bonds is 8. The third-order valence-corrected chi connectivity index (χ3v) is 11.1. The number of hydrogen-bond acceptors (Lipinski definition) is 4. The van der Waals surface area contributed by atoms with Crippen LogP contribution in [0.4, 0.5) is 9.59 Å². The Morgan fingerprint density at radius 2 is 1.08 bits per heavy atom. The largest absolute Gasteiger partial charge is 0.469 e. The van der Waals surface area contributed by atoms with E-state index in [2.05, 4.69) is 0 Å². The zero-order chi connectivity index (χ0) is 18.4. The molecule has 0 aromatic heterocycles. The van der Waals surface area contributed by atoms with Crippen molar-refractivity contribution in [1.29, 1.82) is 0 Å². The molecule has 0 saturated heterocycles. The van der Waals surface area contributed by atoms with E-state index in [1.165, 1.54) is 0 Å². The quantitative estimate of drug-likeness (QED) is 0.488. The highest BCUT2D eigenvalue weighted by molar-refractivity contribution is 7.25. The van der Waals surface area contributed by atoms with E-state index in [4.69, 9.17) is 9.47 Å². The van der Waals surface area contributed by atoms with Crippen molar-refractivity contribution in [2.75, 3.05) is 13.2 Å². The Morgan fingerprint density at radius 3 is 1.36 bits per heavy atom.